The van der Waals surface area contributed by atoms with Crippen molar-refractivity contribution in [2.75, 3.05) is 33.3 Å². The van der Waals surface area contributed by atoms with Crippen molar-refractivity contribution in [1.29, 1.82) is 0 Å². The number of ether oxygens (including phenoxy) is 1. The second kappa shape index (κ2) is 7.64. The van der Waals surface area contributed by atoms with Crippen LogP contribution < -0.4 is 10.1 Å². The number of carbonyl (C=O) groups excluding carboxylic acids is 1. The lowest BCUT2D eigenvalue weighted by Crippen LogP contribution is -2.41. The molecule has 0 radical (unpaired) electrons. The first-order chi connectivity index (χ1) is 9.69. The largest absolute Gasteiger partial charge is 0.492 e. The van der Waals surface area contributed by atoms with Crippen LogP contribution in [0.1, 0.15) is 12.8 Å². The molecule has 0 saturated carbocycles. The Balaban J connectivity index is 1.66. The molecule has 5 heteroatoms. The minimum Gasteiger partial charge on any atom is -0.492 e. The van der Waals surface area contributed by atoms with E-state index in [-0.39, 0.29) is 11.8 Å². The van der Waals surface area contributed by atoms with E-state index in [1.165, 1.54) is 0 Å². The van der Waals surface area contributed by atoms with Gasteiger partial charge in [-0.3, -0.25) is 9.69 Å². The lowest BCUT2D eigenvalue weighted by atomic mass is 9.96. The van der Waals surface area contributed by atoms with Crippen LogP contribution in [-0.2, 0) is 4.79 Å². The molecule has 0 atom stereocenters. The summed E-state index contributed by atoms with van der Waals surface area (Å²) in [6.07, 6.45) is 1.88. The summed E-state index contributed by atoms with van der Waals surface area (Å²) in [6, 6.07) is 7.87. The molecular weight excluding hydrogens is 320 g/mol. The van der Waals surface area contributed by atoms with E-state index in [1.807, 2.05) is 24.3 Å². The number of nitrogens with zero attached hydrogens (tertiary/aromatic N) is 1. The van der Waals surface area contributed by atoms with E-state index in [4.69, 9.17) is 4.74 Å². The van der Waals surface area contributed by atoms with Gasteiger partial charge in [0.05, 0.1) is 0 Å². The normalized spacial score (nSPS) is 16.9. The summed E-state index contributed by atoms with van der Waals surface area (Å²) in [5.41, 5.74) is 0. The van der Waals surface area contributed by atoms with Crippen molar-refractivity contribution in [3.63, 3.8) is 0 Å². The van der Waals surface area contributed by atoms with E-state index >= 15 is 0 Å². The quantitative estimate of drug-likeness (QED) is 0.894. The van der Waals surface area contributed by atoms with Crippen LogP contribution in [0.2, 0.25) is 0 Å². The highest BCUT2D eigenvalue weighted by Gasteiger charge is 2.23. The van der Waals surface area contributed by atoms with Crippen molar-refractivity contribution in [1.82, 2.24) is 10.2 Å². The number of rotatable bonds is 5. The van der Waals surface area contributed by atoms with Crippen molar-refractivity contribution in [2.45, 2.75) is 12.8 Å². The van der Waals surface area contributed by atoms with Gasteiger partial charge in [-0.1, -0.05) is 15.9 Å². The molecule has 2 rings (SSSR count). The Bertz CT molecular complexity index is 428. The van der Waals surface area contributed by atoms with Gasteiger partial charge in [0.2, 0.25) is 5.91 Å². The molecule has 1 saturated heterocycles. The molecule has 1 aromatic rings. The Hall–Kier alpha value is -1.07. The monoisotopic (exact) mass is 340 g/mol. The Morgan fingerprint density at radius 3 is 2.60 bits per heavy atom. The fourth-order valence-electron chi connectivity index (χ4n) is 2.45. The molecule has 110 valence electrons. The molecule has 1 N–H and O–H groups in total. The second-order valence-electron chi connectivity index (χ2n) is 5.03. The molecule has 1 aliphatic heterocycles. The fraction of sp³-hybridized carbons (Fsp3) is 0.533. The summed E-state index contributed by atoms with van der Waals surface area (Å²) in [5, 5.41) is 2.73. The Morgan fingerprint density at radius 1 is 1.35 bits per heavy atom. The van der Waals surface area contributed by atoms with Crippen molar-refractivity contribution < 1.29 is 9.53 Å². The molecular formula is C15H21BrN2O2. The summed E-state index contributed by atoms with van der Waals surface area (Å²) in [4.78, 5) is 13.9. The maximum atomic E-state index is 11.5. The number of carbonyl (C=O) groups is 1. The van der Waals surface area contributed by atoms with Gasteiger partial charge in [-0.2, -0.15) is 0 Å². The van der Waals surface area contributed by atoms with Gasteiger partial charge in [0.25, 0.3) is 0 Å². The third-order valence-corrected chi connectivity index (χ3v) is 4.22. The predicted molar refractivity (Wildman–Crippen MR) is 82.9 cm³/mol. The minimum absolute atomic E-state index is 0.177. The number of piperidine rings is 1. The second-order valence-corrected chi connectivity index (χ2v) is 5.95. The molecule has 0 spiro atoms. The zero-order chi connectivity index (χ0) is 14.4. The number of hydrogen-bond donors (Lipinski definition) is 1. The van der Waals surface area contributed by atoms with Crippen LogP contribution in [0.3, 0.4) is 0 Å². The summed E-state index contributed by atoms with van der Waals surface area (Å²) >= 11 is 3.40. The molecule has 1 aliphatic rings. The molecule has 1 fully saturated rings. The molecule has 1 aromatic carbocycles. The first-order valence-corrected chi connectivity index (χ1v) is 7.80. The van der Waals surface area contributed by atoms with Crippen molar-refractivity contribution in [2.24, 2.45) is 5.92 Å². The molecule has 0 bridgehead atoms. The van der Waals surface area contributed by atoms with Crippen LogP contribution in [0.15, 0.2) is 28.7 Å². The van der Waals surface area contributed by atoms with Gasteiger partial charge in [0.15, 0.2) is 0 Å². The molecule has 4 nitrogen and oxygen atoms in total. The molecule has 0 aliphatic carbocycles. The number of hydrogen-bond acceptors (Lipinski definition) is 3. The Kier molecular flexibility index (Phi) is 5.86. The average molecular weight is 341 g/mol. The smallest absolute Gasteiger partial charge is 0.222 e. The zero-order valence-electron chi connectivity index (χ0n) is 11.8. The third kappa shape index (κ3) is 4.49. The van der Waals surface area contributed by atoms with Gasteiger partial charge in [-0.25, -0.2) is 0 Å². The molecule has 0 unspecified atom stereocenters. The lowest BCUT2D eigenvalue weighted by molar-refractivity contribution is -0.125. The highest BCUT2D eigenvalue weighted by atomic mass is 79.9. The van der Waals surface area contributed by atoms with E-state index in [2.05, 4.69) is 26.1 Å². The number of nitrogens with one attached hydrogen (secondary N) is 1. The maximum absolute atomic E-state index is 11.5. The first-order valence-electron chi connectivity index (χ1n) is 7.01. The molecule has 20 heavy (non-hydrogen) atoms. The summed E-state index contributed by atoms with van der Waals surface area (Å²) in [7, 11) is 1.71. The van der Waals surface area contributed by atoms with Crippen molar-refractivity contribution in [3.05, 3.63) is 28.7 Å². The van der Waals surface area contributed by atoms with E-state index in [9.17, 15) is 4.79 Å². The number of likely N-dealkylation sites (tertiary alicyclic amines) is 1. The summed E-state index contributed by atoms with van der Waals surface area (Å²) in [5.74, 6) is 1.26. The van der Waals surface area contributed by atoms with Crippen LogP contribution in [0.4, 0.5) is 0 Å². The minimum atomic E-state index is 0.177. The van der Waals surface area contributed by atoms with Crippen LogP contribution in [0.5, 0.6) is 5.75 Å². The summed E-state index contributed by atoms with van der Waals surface area (Å²) in [6.45, 7) is 3.55. The third-order valence-electron chi connectivity index (χ3n) is 3.69. The van der Waals surface area contributed by atoms with E-state index in [1.54, 1.807) is 7.05 Å². The molecule has 1 amide bonds. The van der Waals surface area contributed by atoms with Gasteiger partial charge in [-0.15, -0.1) is 0 Å². The van der Waals surface area contributed by atoms with Crippen molar-refractivity contribution >= 4 is 21.8 Å². The van der Waals surface area contributed by atoms with E-state index < -0.39 is 0 Å². The van der Waals surface area contributed by atoms with Crippen LogP contribution in [0.25, 0.3) is 0 Å². The standard InChI is InChI=1S/C15H21BrN2O2/c1-17-15(19)12-6-8-18(9-7-12)10-11-20-14-4-2-13(16)3-5-14/h2-5,12H,6-11H2,1H3,(H,17,19). The van der Waals surface area contributed by atoms with Crippen LogP contribution >= 0.6 is 15.9 Å². The number of benzene rings is 1. The van der Waals surface area contributed by atoms with Crippen LogP contribution in [0, 0.1) is 5.92 Å². The van der Waals surface area contributed by atoms with Gasteiger partial charge in [-0.05, 0) is 50.2 Å². The molecule has 0 aromatic heterocycles. The topological polar surface area (TPSA) is 41.6 Å². The SMILES string of the molecule is CNC(=O)C1CCN(CCOc2ccc(Br)cc2)CC1. The Morgan fingerprint density at radius 2 is 2.00 bits per heavy atom. The fourth-order valence-corrected chi connectivity index (χ4v) is 2.71. The molecule has 1 heterocycles. The maximum Gasteiger partial charge on any atom is 0.222 e. The van der Waals surface area contributed by atoms with Crippen LogP contribution in [-0.4, -0.2) is 44.1 Å². The predicted octanol–water partition coefficient (Wildman–Crippen LogP) is 2.29. The lowest BCUT2D eigenvalue weighted by Gasteiger charge is -2.30. The zero-order valence-corrected chi connectivity index (χ0v) is 13.4. The summed E-state index contributed by atoms with van der Waals surface area (Å²) < 4.78 is 6.77. The number of halogens is 1. The van der Waals surface area contributed by atoms with Gasteiger partial charge >= 0.3 is 0 Å². The van der Waals surface area contributed by atoms with E-state index in [0.29, 0.717) is 6.61 Å². The van der Waals surface area contributed by atoms with Gasteiger partial charge in [0.1, 0.15) is 12.4 Å². The average Bonchev–Trinajstić information content (AvgIpc) is 2.49. The Labute approximate surface area is 128 Å². The first kappa shape index (κ1) is 15.3. The van der Waals surface area contributed by atoms with Crippen molar-refractivity contribution in [3.8, 4) is 5.75 Å². The van der Waals surface area contributed by atoms with Gasteiger partial charge in [0, 0.05) is 24.0 Å². The highest BCUT2D eigenvalue weighted by Crippen LogP contribution is 2.18. The van der Waals surface area contributed by atoms with E-state index in [0.717, 1.165) is 42.7 Å². The number of amides is 1. The van der Waals surface area contributed by atoms with Gasteiger partial charge < -0.3 is 10.1 Å². The highest BCUT2D eigenvalue weighted by molar-refractivity contribution is 9.10.